The number of aromatic amines is 1. The third kappa shape index (κ3) is 3.32. The molecule has 142 valence electrons. The number of hydrogen-bond acceptors (Lipinski definition) is 7. The van der Waals surface area contributed by atoms with E-state index in [1.165, 1.54) is 16.2 Å². The molecule has 1 N–H and O–H groups in total. The van der Waals surface area contributed by atoms with E-state index in [4.69, 9.17) is 4.74 Å². The van der Waals surface area contributed by atoms with Crippen molar-refractivity contribution >= 4 is 38.9 Å². The highest BCUT2D eigenvalue weighted by atomic mass is 32.1. The van der Waals surface area contributed by atoms with Gasteiger partial charge in [0.15, 0.2) is 11.9 Å². The topological polar surface area (TPSA) is 84.9 Å². The van der Waals surface area contributed by atoms with Crippen LogP contribution in [0, 0.1) is 19.8 Å². The summed E-state index contributed by atoms with van der Waals surface area (Å²) in [4.78, 5) is 39.3. The van der Waals surface area contributed by atoms with Gasteiger partial charge in [0.2, 0.25) is 0 Å². The molecule has 2 atom stereocenters. The maximum atomic E-state index is 12.7. The maximum absolute atomic E-state index is 12.7. The number of H-pyrrole nitrogens is 1. The van der Waals surface area contributed by atoms with Crippen LogP contribution in [0.3, 0.4) is 0 Å². The van der Waals surface area contributed by atoms with E-state index in [9.17, 15) is 9.59 Å². The van der Waals surface area contributed by atoms with Gasteiger partial charge in [0.1, 0.15) is 9.71 Å². The number of carbonyl (C=O) groups is 1. The van der Waals surface area contributed by atoms with Gasteiger partial charge in [-0.2, -0.15) is 0 Å². The fraction of sp³-hybridized carbons (Fsp3) is 0.474. The Balaban J connectivity index is 1.64. The molecule has 6 nitrogen and oxygen atoms in total. The molecular formula is C19H21N3O3S2. The van der Waals surface area contributed by atoms with Crippen molar-refractivity contribution in [3.8, 4) is 0 Å². The van der Waals surface area contributed by atoms with E-state index in [0.717, 1.165) is 34.7 Å². The second-order valence-corrected chi connectivity index (χ2v) is 9.46. The lowest BCUT2D eigenvalue weighted by Gasteiger charge is -2.17. The monoisotopic (exact) mass is 403 g/mol. The van der Waals surface area contributed by atoms with Gasteiger partial charge in [-0.15, -0.1) is 22.7 Å². The number of aromatic nitrogens is 3. The van der Waals surface area contributed by atoms with Crippen LogP contribution in [0.15, 0.2) is 4.79 Å². The molecule has 1 aliphatic carbocycles. The molecule has 0 unspecified atom stereocenters. The van der Waals surface area contributed by atoms with Crippen molar-refractivity contribution < 1.29 is 9.53 Å². The predicted octanol–water partition coefficient (Wildman–Crippen LogP) is 4.10. The quantitative estimate of drug-likeness (QED) is 0.666. The van der Waals surface area contributed by atoms with E-state index in [0.29, 0.717) is 27.7 Å². The third-order valence-electron chi connectivity index (χ3n) is 4.94. The lowest BCUT2D eigenvalue weighted by Crippen LogP contribution is -2.18. The van der Waals surface area contributed by atoms with Gasteiger partial charge in [-0.05, 0) is 51.5 Å². The summed E-state index contributed by atoms with van der Waals surface area (Å²) in [5.74, 6) is 0.578. The average Bonchev–Trinajstić information content (AvgIpc) is 3.13. The number of thiazole rings is 1. The Bertz CT molecular complexity index is 1100. The van der Waals surface area contributed by atoms with E-state index in [1.54, 1.807) is 25.2 Å². The Morgan fingerprint density at radius 1 is 1.30 bits per heavy atom. The molecule has 0 aliphatic heterocycles. The number of aryl methyl sites for hydroxylation is 3. The predicted molar refractivity (Wildman–Crippen MR) is 107 cm³/mol. The Labute approximate surface area is 164 Å². The zero-order chi connectivity index (χ0) is 19.3. The largest absolute Gasteiger partial charge is 0.450 e. The summed E-state index contributed by atoms with van der Waals surface area (Å²) in [6, 6.07) is 0. The second-order valence-electron chi connectivity index (χ2n) is 7.18. The first-order valence-electron chi connectivity index (χ1n) is 9.03. The molecule has 3 heterocycles. The van der Waals surface area contributed by atoms with Crippen molar-refractivity contribution in [3.63, 3.8) is 0 Å². The summed E-state index contributed by atoms with van der Waals surface area (Å²) in [6.45, 7) is 7.60. The first-order chi connectivity index (χ1) is 12.8. The molecule has 27 heavy (non-hydrogen) atoms. The first kappa shape index (κ1) is 18.3. The number of hydrogen-bond donors (Lipinski definition) is 1. The summed E-state index contributed by atoms with van der Waals surface area (Å²) in [5.41, 5.74) is 1.66. The van der Waals surface area contributed by atoms with Crippen molar-refractivity contribution in [3.05, 3.63) is 42.2 Å². The van der Waals surface area contributed by atoms with Crippen LogP contribution in [0.4, 0.5) is 0 Å². The van der Waals surface area contributed by atoms with Gasteiger partial charge in [-0.25, -0.2) is 14.8 Å². The molecule has 0 bridgehead atoms. The summed E-state index contributed by atoms with van der Waals surface area (Å²) >= 11 is 2.90. The summed E-state index contributed by atoms with van der Waals surface area (Å²) in [5, 5.41) is 1.52. The molecule has 0 radical (unpaired) electrons. The lowest BCUT2D eigenvalue weighted by atomic mass is 9.89. The minimum atomic E-state index is -0.644. The van der Waals surface area contributed by atoms with Crippen LogP contribution in [0.1, 0.15) is 63.0 Å². The zero-order valence-corrected chi connectivity index (χ0v) is 17.3. The highest BCUT2D eigenvalue weighted by Crippen LogP contribution is 2.36. The summed E-state index contributed by atoms with van der Waals surface area (Å²) in [7, 11) is 0. The van der Waals surface area contributed by atoms with Crippen molar-refractivity contribution in [2.45, 2.75) is 53.1 Å². The number of rotatable bonds is 3. The van der Waals surface area contributed by atoms with Crippen LogP contribution in [0.2, 0.25) is 0 Å². The molecule has 0 saturated carbocycles. The fourth-order valence-electron chi connectivity index (χ4n) is 3.55. The van der Waals surface area contributed by atoms with Crippen molar-refractivity contribution in [1.29, 1.82) is 0 Å². The number of carbonyl (C=O) groups excluding carboxylic acids is 1. The van der Waals surface area contributed by atoms with E-state index >= 15 is 0 Å². The Morgan fingerprint density at radius 3 is 2.78 bits per heavy atom. The molecule has 3 aromatic heterocycles. The van der Waals surface area contributed by atoms with Crippen LogP contribution >= 0.6 is 22.7 Å². The van der Waals surface area contributed by atoms with Crippen LogP contribution in [-0.2, 0) is 17.6 Å². The molecule has 3 aromatic rings. The SMILES string of the molecule is Cc1nc(C)c(C(=O)O[C@@H](C)c2nc3sc4c(c3c(=O)[nH]2)CC[C@H](C)C4)s1. The van der Waals surface area contributed by atoms with E-state index in [2.05, 4.69) is 21.9 Å². The summed E-state index contributed by atoms with van der Waals surface area (Å²) < 4.78 is 5.54. The smallest absolute Gasteiger partial charge is 0.350 e. The molecular weight excluding hydrogens is 382 g/mol. The number of thiophene rings is 1. The van der Waals surface area contributed by atoms with Gasteiger partial charge in [0, 0.05) is 4.88 Å². The Kier molecular flexibility index (Phi) is 4.63. The van der Waals surface area contributed by atoms with Gasteiger partial charge in [-0.1, -0.05) is 6.92 Å². The van der Waals surface area contributed by atoms with Crippen molar-refractivity contribution in [2.24, 2.45) is 5.92 Å². The number of nitrogens with zero attached hydrogens (tertiary/aromatic N) is 2. The standard InChI is InChI=1S/C19H21N3O3S2/c1-8-5-6-12-13(7-8)27-18-14(12)17(23)21-16(22-18)10(3)25-19(24)15-9(2)20-11(4)26-15/h8,10H,5-7H2,1-4H3,(H,21,22,23)/t8-,10-/m0/s1. The molecule has 0 aromatic carbocycles. The highest BCUT2D eigenvalue weighted by Gasteiger charge is 2.25. The molecule has 0 amide bonds. The summed E-state index contributed by atoms with van der Waals surface area (Å²) in [6.07, 6.45) is 2.38. The van der Waals surface area contributed by atoms with Crippen LogP contribution in [-0.4, -0.2) is 20.9 Å². The normalized spacial score (nSPS) is 17.7. The molecule has 0 fully saturated rings. The van der Waals surface area contributed by atoms with Gasteiger partial charge < -0.3 is 9.72 Å². The van der Waals surface area contributed by atoms with Gasteiger partial charge in [-0.3, -0.25) is 4.79 Å². The van der Waals surface area contributed by atoms with Crippen LogP contribution in [0.25, 0.3) is 10.2 Å². The minimum Gasteiger partial charge on any atom is -0.450 e. The molecule has 1 aliphatic rings. The van der Waals surface area contributed by atoms with Crippen molar-refractivity contribution in [1.82, 2.24) is 15.0 Å². The first-order valence-corrected chi connectivity index (χ1v) is 10.7. The van der Waals surface area contributed by atoms with Gasteiger partial charge in [0.25, 0.3) is 5.56 Å². The maximum Gasteiger partial charge on any atom is 0.350 e. The average molecular weight is 404 g/mol. The number of ether oxygens (including phenoxy) is 1. The molecule has 4 rings (SSSR count). The van der Waals surface area contributed by atoms with Crippen LogP contribution in [0.5, 0.6) is 0 Å². The van der Waals surface area contributed by atoms with Crippen LogP contribution < -0.4 is 5.56 Å². The third-order valence-corrected chi connectivity index (χ3v) is 7.14. The second kappa shape index (κ2) is 6.83. The molecule has 0 spiro atoms. The lowest BCUT2D eigenvalue weighted by molar-refractivity contribution is 0.0325. The number of fused-ring (bicyclic) bond motifs is 3. The van der Waals surface area contributed by atoms with Crippen molar-refractivity contribution in [2.75, 3.05) is 0 Å². The number of nitrogens with one attached hydrogen (secondary N) is 1. The highest BCUT2D eigenvalue weighted by molar-refractivity contribution is 7.18. The number of esters is 1. The minimum absolute atomic E-state index is 0.144. The van der Waals surface area contributed by atoms with E-state index < -0.39 is 12.1 Å². The van der Waals surface area contributed by atoms with E-state index in [-0.39, 0.29) is 5.56 Å². The van der Waals surface area contributed by atoms with E-state index in [1.807, 2.05) is 6.92 Å². The molecule has 8 heteroatoms. The molecule has 0 saturated heterocycles. The van der Waals surface area contributed by atoms with Gasteiger partial charge in [0.05, 0.1) is 16.1 Å². The van der Waals surface area contributed by atoms with Gasteiger partial charge >= 0.3 is 5.97 Å². The Morgan fingerprint density at radius 2 is 2.07 bits per heavy atom. The zero-order valence-electron chi connectivity index (χ0n) is 15.7. The fourth-order valence-corrected chi connectivity index (χ4v) is 5.74. The Hall–Kier alpha value is -2.06.